The minimum Gasteiger partial charge on any atom is -0.408 e. The number of halogens is 4. The molecule has 0 aliphatic carbocycles. The van der Waals surface area contributed by atoms with Crippen LogP contribution < -0.4 is 10.1 Å². The van der Waals surface area contributed by atoms with Gasteiger partial charge in [-0.3, -0.25) is 5.32 Å². The predicted octanol–water partition coefficient (Wildman–Crippen LogP) is 6.53. The van der Waals surface area contributed by atoms with Crippen molar-refractivity contribution in [3.8, 4) is 5.75 Å². The molecule has 0 unspecified atom stereocenters. The molecule has 22 heavy (non-hydrogen) atoms. The summed E-state index contributed by atoms with van der Waals surface area (Å²) in [5.74, 6) is 0.210. The molecule has 0 bridgehead atoms. The first kappa shape index (κ1) is 17.2. The van der Waals surface area contributed by atoms with Crippen molar-refractivity contribution in [3.05, 3.63) is 55.5 Å². The summed E-state index contributed by atoms with van der Waals surface area (Å²) in [6.07, 6.45) is -0.752. The van der Waals surface area contributed by atoms with Gasteiger partial charge in [-0.05, 0) is 43.2 Å². The molecule has 0 saturated carbocycles. The van der Waals surface area contributed by atoms with Gasteiger partial charge in [-0.2, -0.15) is 0 Å². The van der Waals surface area contributed by atoms with Gasteiger partial charge in [-0.25, -0.2) is 4.79 Å². The Hall–Kier alpha value is -1.13. The molecule has 0 atom stereocenters. The number of benzene rings is 2. The molecule has 0 aliphatic heterocycles. The summed E-state index contributed by atoms with van der Waals surface area (Å²) < 4.78 is 5.22. The van der Waals surface area contributed by atoms with E-state index in [1.807, 2.05) is 0 Å². The van der Waals surface area contributed by atoms with Crippen molar-refractivity contribution in [2.45, 2.75) is 13.8 Å². The van der Waals surface area contributed by atoms with Crippen LogP contribution in [0.25, 0.3) is 0 Å². The highest BCUT2D eigenvalue weighted by atomic mass is 35.5. The third-order valence-corrected chi connectivity index (χ3v) is 4.64. The van der Waals surface area contributed by atoms with Crippen LogP contribution in [0.15, 0.2) is 24.3 Å². The molecule has 0 aromatic heterocycles. The number of ether oxygens (including phenoxy) is 1. The average molecular weight is 379 g/mol. The minimum absolute atomic E-state index is 0.210. The van der Waals surface area contributed by atoms with Gasteiger partial charge < -0.3 is 4.74 Å². The normalized spacial score (nSPS) is 10.5. The second kappa shape index (κ2) is 6.97. The molecule has 116 valence electrons. The SMILES string of the molecule is Cc1cc(OC(=O)Nc2c(Cl)cccc2Cl)c(Cl)c(C)c1Cl. The zero-order valence-corrected chi connectivity index (χ0v) is 14.7. The van der Waals surface area contributed by atoms with Gasteiger partial charge in [0, 0.05) is 5.02 Å². The molecule has 0 heterocycles. The fraction of sp³-hybridized carbons (Fsp3) is 0.133. The van der Waals surface area contributed by atoms with Crippen molar-refractivity contribution >= 4 is 58.2 Å². The quantitative estimate of drug-likeness (QED) is 0.645. The van der Waals surface area contributed by atoms with E-state index in [-0.39, 0.29) is 16.5 Å². The summed E-state index contributed by atoms with van der Waals surface area (Å²) in [4.78, 5) is 12.0. The Kier molecular flexibility index (Phi) is 5.45. The number of amides is 1. The molecule has 0 saturated heterocycles. The molecule has 0 radical (unpaired) electrons. The van der Waals surface area contributed by atoms with E-state index >= 15 is 0 Å². The lowest BCUT2D eigenvalue weighted by Gasteiger charge is -2.13. The molecule has 2 aromatic rings. The van der Waals surface area contributed by atoms with Gasteiger partial charge in [0.1, 0.15) is 0 Å². The van der Waals surface area contributed by atoms with Gasteiger partial charge in [-0.15, -0.1) is 0 Å². The van der Waals surface area contributed by atoms with E-state index < -0.39 is 6.09 Å². The van der Waals surface area contributed by atoms with E-state index in [1.165, 1.54) is 0 Å². The van der Waals surface area contributed by atoms with Crippen molar-refractivity contribution in [2.75, 3.05) is 5.32 Å². The number of nitrogens with one attached hydrogen (secondary N) is 1. The van der Waals surface area contributed by atoms with E-state index in [1.54, 1.807) is 38.1 Å². The van der Waals surface area contributed by atoms with Crippen LogP contribution >= 0.6 is 46.4 Å². The van der Waals surface area contributed by atoms with E-state index in [2.05, 4.69) is 5.32 Å². The molecule has 0 spiro atoms. The molecule has 0 aliphatic rings. The summed E-state index contributed by atoms with van der Waals surface area (Å²) in [6, 6.07) is 6.47. The molecule has 2 aromatic carbocycles. The highest BCUT2D eigenvalue weighted by Gasteiger charge is 2.16. The minimum atomic E-state index is -0.752. The lowest BCUT2D eigenvalue weighted by Crippen LogP contribution is -2.17. The number of carbonyl (C=O) groups is 1. The van der Waals surface area contributed by atoms with E-state index in [9.17, 15) is 4.79 Å². The summed E-state index contributed by atoms with van der Waals surface area (Å²) in [7, 11) is 0. The van der Waals surface area contributed by atoms with Gasteiger partial charge in [0.05, 0.1) is 20.8 Å². The highest BCUT2D eigenvalue weighted by Crippen LogP contribution is 2.36. The number of hydrogen-bond donors (Lipinski definition) is 1. The number of anilines is 1. The van der Waals surface area contributed by atoms with E-state index in [0.717, 1.165) is 5.56 Å². The molecule has 3 nitrogen and oxygen atoms in total. The number of para-hydroxylation sites is 1. The number of carbonyl (C=O) groups excluding carboxylic acids is 1. The molecule has 2 rings (SSSR count). The van der Waals surface area contributed by atoms with Crippen molar-refractivity contribution in [3.63, 3.8) is 0 Å². The van der Waals surface area contributed by atoms with Gasteiger partial charge in [0.25, 0.3) is 0 Å². The molecule has 7 heteroatoms. The molecular formula is C15H11Cl4NO2. The average Bonchev–Trinajstić information content (AvgIpc) is 2.46. The van der Waals surface area contributed by atoms with Crippen LogP contribution in [0.5, 0.6) is 5.75 Å². The Balaban J connectivity index is 2.23. The number of rotatable bonds is 2. The van der Waals surface area contributed by atoms with E-state index in [4.69, 9.17) is 51.1 Å². The second-order valence-electron chi connectivity index (χ2n) is 4.56. The molecular weight excluding hydrogens is 368 g/mol. The first-order chi connectivity index (χ1) is 10.3. The third-order valence-electron chi connectivity index (χ3n) is 2.96. The maximum absolute atomic E-state index is 12.0. The zero-order valence-electron chi connectivity index (χ0n) is 11.6. The van der Waals surface area contributed by atoms with Crippen LogP contribution in [-0.4, -0.2) is 6.09 Å². The van der Waals surface area contributed by atoms with Crippen LogP contribution in [-0.2, 0) is 0 Å². The van der Waals surface area contributed by atoms with Crippen molar-refractivity contribution in [1.29, 1.82) is 0 Å². The Labute approximate surface area is 148 Å². The van der Waals surface area contributed by atoms with Crippen LogP contribution in [0.1, 0.15) is 11.1 Å². The Morgan fingerprint density at radius 3 is 2.23 bits per heavy atom. The second-order valence-corrected chi connectivity index (χ2v) is 6.13. The van der Waals surface area contributed by atoms with Crippen LogP contribution in [0.4, 0.5) is 10.5 Å². The maximum atomic E-state index is 12.0. The third kappa shape index (κ3) is 3.61. The molecule has 1 N–H and O–H groups in total. The zero-order chi connectivity index (χ0) is 16.4. The molecule has 1 amide bonds. The fourth-order valence-electron chi connectivity index (χ4n) is 1.82. The maximum Gasteiger partial charge on any atom is 0.417 e. The van der Waals surface area contributed by atoms with Crippen molar-refractivity contribution in [2.24, 2.45) is 0 Å². The van der Waals surface area contributed by atoms with Gasteiger partial charge in [-0.1, -0.05) is 52.5 Å². The Bertz CT molecular complexity index is 727. The largest absolute Gasteiger partial charge is 0.417 e. The van der Waals surface area contributed by atoms with E-state index in [0.29, 0.717) is 20.6 Å². The van der Waals surface area contributed by atoms with Crippen LogP contribution in [0.3, 0.4) is 0 Å². The standard InChI is InChI=1S/C15H11Cl4NO2/c1-7-6-11(13(19)8(2)12(7)18)22-15(21)20-14-9(16)4-3-5-10(14)17/h3-6H,1-2H3,(H,20,21). The summed E-state index contributed by atoms with van der Waals surface area (Å²) in [6.45, 7) is 3.54. The summed E-state index contributed by atoms with van der Waals surface area (Å²) in [5.41, 5.74) is 1.67. The Morgan fingerprint density at radius 1 is 1.05 bits per heavy atom. The highest BCUT2D eigenvalue weighted by molar-refractivity contribution is 6.40. The van der Waals surface area contributed by atoms with Gasteiger partial charge in [0.2, 0.25) is 0 Å². The van der Waals surface area contributed by atoms with Gasteiger partial charge >= 0.3 is 6.09 Å². The predicted molar refractivity (Wildman–Crippen MR) is 92.0 cm³/mol. The van der Waals surface area contributed by atoms with Gasteiger partial charge in [0.15, 0.2) is 5.75 Å². The monoisotopic (exact) mass is 377 g/mol. The van der Waals surface area contributed by atoms with Crippen LogP contribution in [0, 0.1) is 13.8 Å². The van der Waals surface area contributed by atoms with Crippen LogP contribution in [0.2, 0.25) is 20.1 Å². The van der Waals surface area contributed by atoms with Crippen molar-refractivity contribution in [1.82, 2.24) is 0 Å². The fourth-order valence-corrected chi connectivity index (χ4v) is 2.70. The summed E-state index contributed by atoms with van der Waals surface area (Å²) >= 11 is 24.2. The summed E-state index contributed by atoms with van der Waals surface area (Å²) in [5, 5.41) is 3.91. The smallest absolute Gasteiger partial charge is 0.408 e. The number of aryl methyl sites for hydroxylation is 1. The molecule has 0 fully saturated rings. The van der Waals surface area contributed by atoms with Crippen molar-refractivity contribution < 1.29 is 9.53 Å². The lowest BCUT2D eigenvalue weighted by molar-refractivity contribution is 0.215. The first-order valence-corrected chi connectivity index (χ1v) is 7.70. The topological polar surface area (TPSA) is 38.3 Å². The first-order valence-electron chi connectivity index (χ1n) is 6.19. The number of hydrogen-bond acceptors (Lipinski definition) is 2. The lowest BCUT2D eigenvalue weighted by atomic mass is 10.1. The Morgan fingerprint density at radius 2 is 1.64 bits per heavy atom.